The number of ether oxygens (including phenoxy) is 1. The Bertz CT molecular complexity index is 623. The molecule has 1 heterocycles. The number of benzene rings is 1. The smallest absolute Gasteiger partial charge is 0.417 e. The summed E-state index contributed by atoms with van der Waals surface area (Å²) >= 11 is 0. The molecule has 0 N–H and O–H groups in total. The van der Waals surface area contributed by atoms with Gasteiger partial charge in [-0.25, -0.2) is 4.79 Å². The van der Waals surface area contributed by atoms with E-state index in [2.05, 4.69) is 4.18 Å². The average molecular weight is 310 g/mol. The molecular weight excluding hydrogens is 301 g/mol. The molecule has 1 aliphatic heterocycles. The first kappa shape index (κ1) is 14.8. The van der Waals surface area contributed by atoms with E-state index in [0.717, 1.165) is 18.2 Å². The third-order valence-electron chi connectivity index (χ3n) is 2.55. The van der Waals surface area contributed by atoms with Gasteiger partial charge in [-0.15, -0.1) is 0 Å². The summed E-state index contributed by atoms with van der Waals surface area (Å²) in [5.74, 6) is -1.80. The van der Waals surface area contributed by atoms with Crippen LogP contribution in [0.5, 0.6) is 0 Å². The molecule has 0 radical (unpaired) electrons. The monoisotopic (exact) mass is 310 g/mol. The molecule has 1 fully saturated rings. The van der Waals surface area contributed by atoms with Gasteiger partial charge >= 0.3 is 12.1 Å². The molecule has 1 unspecified atom stereocenters. The molecule has 0 aliphatic carbocycles. The Kier molecular flexibility index (Phi) is 3.74. The third kappa shape index (κ3) is 3.28. The van der Waals surface area contributed by atoms with E-state index in [0.29, 0.717) is 0 Å². The molecule has 110 valence electrons. The highest BCUT2D eigenvalue weighted by atomic mass is 32.2. The highest BCUT2D eigenvalue weighted by Gasteiger charge is 2.37. The second-order valence-electron chi connectivity index (χ2n) is 4.08. The molecule has 1 aliphatic rings. The van der Waals surface area contributed by atoms with Gasteiger partial charge < -0.3 is 4.74 Å². The highest BCUT2D eigenvalue weighted by molar-refractivity contribution is 7.87. The Morgan fingerprint density at radius 1 is 1.30 bits per heavy atom. The van der Waals surface area contributed by atoms with E-state index in [4.69, 9.17) is 4.74 Å². The molecule has 5 nitrogen and oxygen atoms in total. The zero-order valence-electron chi connectivity index (χ0n) is 9.88. The molecule has 0 saturated carbocycles. The molecular formula is C11H9F3O5S. The normalized spacial score (nSPS) is 21.6. The van der Waals surface area contributed by atoms with Crippen LogP contribution >= 0.6 is 0 Å². The van der Waals surface area contributed by atoms with Crippen molar-refractivity contribution in [2.75, 3.05) is 12.4 Å². The Morgan fingerprint density at radius 3 is 2.50 bits per heavy atom. The van der Waals surface area contributed by atoms with Crippen LogP contribution in [0.4, 0.5) is 13.2 Å². The van der Waals surface area contributed by atoms with Crippen LogP contribution in [0.2, 0.25) is 0 Å². The lowest BCUT2D eigenvalue weighted by Gasteiger charge is -2.13. The number of halogens is 3. The summed E-state index contributed by atoms with van der Waals surface area (Å²) in [5.41, 5.74) is -1.80. The fraction of sp³-hybridized carbons (Fsp3) is 0.364. The Hall–Kier alpha value is -1.61. The van der Waals surface area contributed by atoms with E-state index in [-0.39, 0.29) is 6.61 Å². The highest BCUT2D eigenvalue weighted by Crippen LogP contribution is 2.32. The number of rotatable bonds is 2. The van der Waals surface area contributed by atoms with Gasteiger partial charge in [-0.3, -0.25) is 4.18 Å². The van der Waals surface area contributed by atoms with Crippen LogP contribution in [-0.4, -0.2) is 32.9 Å². The van der Waals surface area contributed by atoms with Gasteiger partial charge in [-0.1, -0.05) is 12.1 Å². The molecule has 20 heavy (non-hydrogen) atoms. The maximum absolute atomic E-state index is 12.7. The predicted octanol–water partition coefficient (Wildman–Crippen LogP) is 1.59. The summed E-state index contributed by atoms with van der Waals surface area (Å²) in [7, 11) is -3.76. The summed E-state index contributed by atoms with van der Waals surface area (Å²) in [6.07, 6.45) is -5.80. The van der Waals surface area contributed by atoms with Crippen LogP contribution in [0.25, 0.3) is 0 Å². The van der Waals surface area contributed by atoms with Gasteiger partial charge in [-0.05, 0) is 12.1 Å². The topological polar surface area (TPSA) is 69.7 Å². The van der Waals surface area contributed by atoms with Gasteiger partial charge in [0.2, 0.25) is 0 Å². The minimum atomic E-state index is -4.70. The van der Waals surface area contributed by atoms with Gasteiger partial charge in [0.05, 0.1) is 11.1 Å². The number of carbonyl (C=O) groups is 1. The fourth-order valence-electron chi connectivity index (χ4n) is 1.69. The number of hydrogen-bond acceptors (Lipinski definition) is 5. The Morgan fingerprint density at radius 2 is 1.95 bits per heavy atom. The molecule has 0 spiro atoms. The average Bonchev–Trinajstić information content (AvgIpc) is 2.67. The SMILES string of the molecule is O=C(OC1COS(=O)(=O)C1)c1ccccc1C(F)(F)F. The zero-order valence-corrected chi connectivity index (χ0v) is 10.7. The van der Waals surface area contributed by atoms with E-state index in [1.54, 1.807) is 0 Å². The first-order valence-corrected chi connectivity index (χ1v) is 7.01. The van der Waals surface area contributed by atoms with E-state index in [1.807, 2.05) is 0 Å². The van der Waals surface area contributed by atoms with Crippen molar-refractivity contribution in [1.82, 2.24) is 0 Å². The lowest BCUT2D eigenvalue weighted by atomic mass is 10.1. The summed E-state index contributed by atoms with van der Waals surface area (Å²) in [6.45, 7) is -0.387. The fourth-order valence-corrected chi connectivity index (χ4v) is 2.77. The van der Waals surface area contributed by atoms with Crippen molar-refractivity contribution in [2.45, 2.75) is 12.3 Å². The number of hydrogen-bond donors (Lipinski definition) is 0. The lowest BCUT2D eigenvalue weighted by molar-refractivity contribution is -0.138. The zero-order chi connectivity index (χ0) is 15.0. The quantitative estimate of drug-likeness (QED) is 0.613. The molecule has 1 aromatic rings. The van der Waals surface area contributed by atoms with Crippen LogP contribution in [-0.2, 0) is 25.2 Å². The van der Waals surface area contributed by atoms with E-state index in [9.17, 15) is 26.4 Å². The molecule has 0 bridgehead atoms. The van der Waals surface area contributed by atoms with Crippen molar-refractivity contribution in [1.29, 1.82) is 0 Å². The largest absolute Gasteiger partial charge is 0.455 e. The van der Waals surface area contributed by atoms with Crippen molar-refractivity contribution in [2.24, 2.45) is 0 Å². The third-order valence-corrected chi connectivity index (χ3v) is 3.82. The summed E-state index contributed by atoms with van der Waals surface area (Å²) in [6, 6.07) is 4.12. The Balaban J connectivity index is 2.19. The number of esters is 1. The second kappa shape index (κ2) is 5.06. The Labute approximate surface area is 112 Å². The maximum Gasteiger partial charge on any atom is 0.417 e. The van der Waals surface area contributed by atoms with Crippen LogP contribution in [0.3, 0.4) is 0 Å². The van der Waals surface area contributed by atoms with Crippen LogP contribution < -0.4 is 0 Å². The minimum absolute atomic E-state index is 0.387. The molecule has 2 rings (SSSR count). The molecule has 0 aromatic heterocycles. The van der Waals surface area contributed by atoms with E-state index >= 15 is 0 Å². The summed E-state index contributed by atoms with van der Waals surface area (Å²) in [5, 5.41) is 0. The van der Waals surface area contributed by atoms with Crippen LogP contribution in [0, 0.1) is 0 Å². The van der Waals surface area contributed by atoms with Gasteiger partial charge in [0.15, 0.2) is 0 Å². The van der Waals surface area contributed by atoms with Crippen molar-refractivity contribution < 1.29 is 35.3 Å². The molecule has 9 heteroatoms. The molecule has 1 atom stereocenters. The number of carbonyl (C=O) groups excluding carboxylic acids is 1. The van der Waals surface area contributed by atoms with Crippen molar-refractivity contribution >= 4 is 16.1 Å². The second-order valence-corrected chi connectivity index (χ2v) is 5.76. The van der Waals surface area contributed by atoms with Gasteiger partial charge in [0, 0.05) is 0 Å². The number of alkyl halides is 3. The first-order chi connectivity index (χ1) is 9.19. The maximum atomic E-state index is 12.7. The minimum Gasteiger partial charge on any atom is -0.455 e. The van der Waals surface area contributed by atoms with E-state index in [1.165, 1.54) is 6.07 Å². The summed E-state index contributed by atoms with van der Waals surface area (Å²) < 4.78 is 69.2. The lowest BCUT2D eigenvalue weighted by Crippen LogP contribution is -2.23. The van der Waals surface area contributed by atoms with Crippen LogP contribution in [0.1, 0.15) is 15.9 Å². The van der Waals surface area contributed by atoms with Gasteiger partial charge in [0.1, 0.15) is 18.5 Å². The molecule has 0 amide bonds. The molecule has 1 saturated heterocycles. The van der Waals surface area contributed by atoms with Gasteiger partial charge in [0.25, 0.3) is 10.1 Å². The first-order valence-electron chi connectivity index (χ1n) is 5.43. The van der Waals surface area contributed by atoms with Crippen molar-refractivity contribution in [3.63, 3.8) is 0 Å². The van der Waals surface area contributed by atoms with E-state index < -0.39 is 45.2 Å². The van der Waals surface area contributed by atoms with Gasteiger partial charge in [-0.2, -0.15) is 21.6 Å². The predicted molar refractivity (Wildman–Crippen MR) is 60.4 cm³/mol. The summed E-state index contributed by atoms with van der Waals surface area (Å²) in [4.78, 5) is 11.7. The molecule has 1 aromatic carbocycles. The van der Waals surface area contributed by atoms with Crippen LogP contribution in [0.15, 0.2) is 24.3 Å². The van der Waals surface area contributed by atoms with Crippen molar-refractivity contribution in [3.8, 4) is 0 Å². The van der Waals surface area contributed by atoms with Crippen molar-refractivity contribution in [3.05, 3.63) is 35.4 Å². The standard InChI is InChI=1S/C11H9F3O5S/c12-11(13,14)9-4-2-1-3-8(9)10(15)19-7-5-18-20(16,17)6-7/h1-4,7H,5-6H2.